The zero-order valence-electron chi connectivity index (χ0n) is 14.6. The van der Waals surface area contributed by atoms with Gasteiger partial charge in [-0.1, -0.05) is 15.9 Å². The van der Waals surface area contributed by atoms with E-state index in [1.165, 1.54) is 11.0 Å². The molecule has 1 N–H and O–H groups in total. The van der Waals surface area contributed by atoms with Gasteiger partial charge < -0.3 is 14.6 Å². The van der Waals surface area contributed by atoms with E-state index in [1.807, 2.05) is 24.5 Å². The SMILES string of the molecule is O=C(CN1C(=O)COc2cc(Br)ccc21)Nc1cc(-n2cccc2)ccc1F. The lowest BCUT2D eigenvalue weighted by atomic mass is 10.2. The predicted molar refractivity (Wildman–Crippen MR) is 106 cm³/mol. The summed E-state index contributed by atoms with van der Waals surface area (Å²) in [4.78, 5) is 26.1. The first-order valence-corrected chi connectivity index (χ1v) is 9.26. The number of nitrogens with zero attached hydrogens (tertiary/aromatic N) is 2. The first-order chi connectivity index (χ1) is 13.5. The molecule has 1 aliphatic heterocycles. The van der Waals surface area contributed by atoms with Gasteiger partial charge in [-0.3, -0.25) is 14.5 Å². The Kier molecular flexibility index (Phi) is 4.87. The maximum absolute atomic E-state index is 14.2. The number of fused-ring (bicyclic) bond motifs is 1. The third-order valence-electron chi connectivity index (χ3n) is 4.29. The summed E-state index contributed by atoms with van der Waals surface area (Å²) in [5.74, 6) is -0.899. The maximum Gasteiger partial charge on any atom is 0.265 e. The van der Waals surface area contributed by atoms with E-state index in [2.05, 4.69) is 21.2 Å². The van der Waals surface area contributed by atoms with Gasteiger partial charge in [0, 0.05) is 22.6 Å². The van der Waals surface area contributed by atoms with E-state index < -0.39 is 11.7 Å². The largest absolute Gasteiger partial charge is 0.482 e. The number of hydrogen-bond donors (Lipinski definition) is 1. The Balaban J connectivity index is 1.54. The number of amides is 2. The predicted octanol–water partition coefficient (Wildman–Crippen LogP) is 3.74. The first kappa shape index (κ1) is 18.2. The lowest BCUT2D eigenvalue weighted by Gasteiger charge is -2.29. The molecule has 1 aromatic heterocycles. The highest BCUT2D eigenvalue weighted by molar-refractivity contribution is 9.10. The van der Waals surface area contributed by atoms with Gasteiger partial charge in [-0.2, -0.15) is 0 Å². The van der Waals surface area contributed by atoms with Crippen LogP contribution >= 0.6 is 15.9 Å². The fourth-order valence-corrected chi connectivity index (χ4v) is 3.30. The topological polar surface area (TPSA) is 63.6 Å². The van der Waals surface area contributed by atoms with Crippen LogP contribution in [0.1, 0.15) is 0 Å². The summed E-state index contributed by atoms with van der Waals surface area (Å²) in [7, 11) is 0. The van der Waals surface area contributed by atoms with Crippen LogP contribution < -0.4 is 15.0 Å². The van der Waals surface area contributed by atoms with E-state index in [0.717, 1.165) is 4.47 Å². The third-order valence-corrected chi connectivity index (χ3v) is 4.79. The van der Waals surface area contributed by atoms with Gasteiger partial charge in [0.2, 0.25) is 5.91 Å². The van der Waals surface area contributed by atoms with Crippen molar-refractivity contribution in [2.75, 3.05) is 23.4 Å². The van der Waals surface area contributed by atoms with Crippen LogP contribution in [0.2, 0.25) is 0 Å². The standard InChI is InChI=1S/C20H15BrFN3O3/c21-13-3-6-17-18(9-13)28-12-20(27)25(17)11-19(26)23-16-10-14(4-5-15(16)22)24-7-1-2-8-24/h1-10H,11-12H2,(H,23,26). The third kappa shape index (κ3) is 3.63. The van der Waals surface area contributed by atoms with Crippen molar-refractivity contribution in [3.05, 3.63) is 71.2 Å². The zero-order valence-corrected chi connectivity index (χ0v) is 16.1. The van der Waals surface area contributed by atoms with Crippen molar-refractivity contribution in [3.8, 4) is 11.4 Å². The molecule has 1 aliphatic rings. The number of ether oxygens (including phenoxy) is 1. The molecule has 4 rings (SSSR count). The van der Waals surface area contributed by atoms with Crippen LogP contribution in [0.5, 0.6) is 5.75 Å². The molecule has 0 aliphatic carbocycles. The van der Waals surface area contributed by atoms with E-state index in [0.29, 0.717) is 17.1 Å². The number of halogens is 2. The normalized spacial score (nSPS) is 13.1. The minimum atomic E-state index is -0.554. The van der Waals surface area contributed by atoms with Gasteiger partial charge in [0.25, 0.3) is 5.91 Å². The molecule has 0 radical (unpaired) electrons. The Morgan fingerprint density at radius 1 is 1.18 bits per heavy atom. The van der Waals surface area contributed by atoms with E-state index in [1.54, 1.807) is 34.9 Å². The molecule has 0 bridgehead atoms. The summed E-state index contributed by atoms with van der Waals surface area (Å²) in [6.07, 6.45) is 3.64. The Bertz CT molecular complexity index is 1050. The van der Waals surface area contributed by atoms with Gasteiger partial charge >= 0.3 is 0 Å². The van der Waals surface area contributed by atoms with Crippen molar-refractivity contribution in [1.82, 2.24) is 4.57 Å². The average molecular weight is 444 g/mol. The monoisotopic (exact) mass is 443 g/mol. The van der Waals surface area contributed by atoms with Gasteiger partial charge in [0.05, 0.1) is 11.4 Å². The van der Waals surface area contributed by atoms with Gasteiger partial charge in [-0.15, -0.1) is 0 Å². The molecule has 0 fully saturated rings. The number of carbonyl (C=O) groups is 2. The molecule has 0 saturated carbocycles. The van der Waals surface area contributed by atoms with E-state index in [4.69, 9.17) is 4.74 Å². The summed E-state index contributed by atoms with van der Waals surface area (Å²) < 4.78 is 22.2. The molecule has 0 unspecified atom stereocenters. The number of rotatable bonds is 4. The molecule has 0 spiro atoms. The quantitative estimate of drug-likeness (QED) is 0.667. The van der Waals surface area contributed by atoms with Crippen LogP contribution in [0.15, 0.2) is 65.4 Å². The van der Waals surface area contributed by atoms with Crippen molar-refractivity contribution in [2.45, 2.75) is 0 Å². The van der Waals surface area contributed by atoms with Crippen LogP contribution in [-0.4, -0.2) is 29.5 Å². The highest BCUT2D eigenvalue weighted by Gasteiger charge is 2.27. The lowest BCUT2D eigenvalue weighted by Crippen LogP contribution is -2.43. The summed E-state index contributed by atoms with van der Waals surface area (Å²) in [5.41, 5.74) is 1.25. The molecule has 0 atom stereocenters. The highest BCUT2D eigenvalue weighted by Crippen LogP contribution is 2.34. The number of hydrogen-bond acceptors (Lipinski definition) is 3. The summed E-state index contributed by atoms with van der Waals surface area (Å²) >= 11 is 3.35. The molecule has 2 heterocycles. The van der Waals surface area contributed by atoms with Gasteiger partial charge in [-0.25, -0.2) is 4.39 Å². The number of benzene rings is 2. The maximum atomic E-state index is 14.2. The molecular formula is C20H15BrFN3O3. The minimum Gasteiger partial charge on any atom is -0.482 e. The van der Waals surface area contributed by atoms with Crippen LogP contribution in [-0.2, 0) is 9.59 Å². The second-order valence-electron chi connectivity index (χ2n) is 6.18. The lowest BCUT2D eigenvalue weighted by molar-refractivity contribution is -0.123. The summed E-state index contributed by atoms with van der Waals surface area (Å²) in [6.45, 7) is -0.405. The van der Waals surface area contributed by atoms with Gasteiger partial charge in [0.1, 0.15) is 18.1 Å². The second-order valence-corrected chi connectivity index (χ2v) is 7.10. The number of anilines is 2. The Morgan fingerprint density at radius 3 is 2.75 bits per heavy atom. The van der Waals surface area contributed by atoms with E-state index in [-0.39, 0.29) is 24.7 Å². The Labute approximate surface area is 168 Å². The van der Waals surface area contributed by atoms with Crippen molar-refractivity contribution in [3.63, 3.8) is 0 Å². The Morgan fingerprint density at radius 2 is 1.96 bits per heavy atom. The fourth-order valence-electron chi connectivity index (χ4n) is 2.96. The van der Waals surface area contributed by atoms with Gasteiger partial charge in [0.15, 0.2) is 6.61 Å². The van der Waals surface area contributed by atoms with Crippen molar-refractivity contribution in [1.29, 1.82) is 0 Å². The van der Waals surface area contributed by atoms with Crippen LogP contribution in [0.4, 0.5) is 15.8 Å². The van der Waals surface area contributed by atoms with E-state index in [9.17, 15) is 14.0 Å². The van der Waals surface area contributed by atoms with Gasteiger partial charge in [-0.05, 0) is 48.5 Å². The summed E-state index contributed by atoms with van der Waals surface area (Å²) in [5, 5.41) is 2.55. The van der Waals surface area contributed by atoms with Crippen LogP contribution in [0.25, 0.3) is 5.69 Å². The molecule has 3 aromatic rings. The van der Waals surface area contributed by atoms with Crippen molar-refractivity contribution in [2.24, 2.45) is 0 Å². The van der Waals surface area contributed by atoms with Crippen molar-refractivity contribution < 1.29 is 18.7 Å². The molecule has 142 valence electrons. The Hall–Kier alpha value is -3.13. The van der Waals surface area contributed by atoms with Crippen molar-refractivity contribution >= 4 is 39.1 Å². The smallest absolute Gasteiger partial charge is 0.265 e. The zero-order chi connectivity index (χ0) is 19.7. The van der Waals surface area contributed by atoms with E-state index >= 15 is 0 Å². The number of carbonyl (C=O) groups excluding carboxylic acids is 2. The molecule has 2 aromatic carbocycles. The second kappa shape index (κ2) is 7.47. The molecule has 6 nitrogen and oxygen atoms in total. The molecule has 0 saturated heterocycles. The summed E-state index contributed by atoms with van der Waals surface area (Å²) in [6, 6.07) is 13.3. The fraction of sp³-hybridized carbons (Fsp3) is 0.100. The molecule has 28 heavy (non-hydrogen) atoms. The van der Waals surface area contributed by atoms with Crippen LogP contribution in [0, 0.1) is 5.82 Å². The first-order valence-electron chi connectivity index (χ1n) is 8.47. The van der Waals surface area contributed by atoms with Crippen LogP contribution in [0.3, 0.4) is 0 Å². The molecular weight excluding hydrogens is 429 g/mol. The molecule has 8 heteroatoms. The molecule has 2 amide bonds. The minimum absolute atomic E-state index is 0.0490. The average Bonchev–Trinajstić information content (AvgIpc) is 3.20. The number of aromatic nitrogens is 1. The highest BCUT2D eigenvalue weighted by atomic mass is 79.9. The number of nitrogens with one attached hydrogen (secondary N) is 1.